The summed E-state index contributed by atoms with van der Waals surface area (Å²) in [7, 11) is 1.77. The molecule has 0 spiro atoms. The molecule has 0 saturated heterocycles. The molecule has 0 radical (unpaired) electrons. The van der Waals surface area contributed by atoms with E-state index in [4.69, 9.17) is 4.74 Å². The number of hydrogen-bond donors (Lipinski definition) is 1. The molecule has 1 N–H and O–H groups in total. The minimum Gasteiger partial charge on any atom is -0.459 e. The molecule has 0 aliphatic heterocycles. The van der Waals surface area contributed by atoms with Crippen LogP contribution in [0, 0.1) is 5.92 Å². The fraction of sp³-hybridized carbons (Fsp3) is 0.900. The van der Waals surface area contributed by atoms with Crippen LogP contribution in [0.3, 0.4) is 0 Å². The van der Waals surface area contributed by atoms with Crippen molar-refractivity contribution in [1.82, 2.24) is 5.32 Å². The van der Waals surface area contributed by atoms with E-state index < -0.39 is 5.60 Å². The fourth-order valence-corrected chi connectivity index (χ4v) is 1.09. The van der Waals surface area contributed by atoms with Crippen molar-refractivity contribution in [3.63, 3.8) is 0 Å². The van der Waals surface area contributed by atoms with E-state index in [1.165, 1.54) is 0 Å². The van der Waals surface area contributed by atoms with Gasteiger partial charge >= 0.3 is 5.97 Å². The minimum atomic E-state index is -0.402. The highest BCUT2D eigenvalue weighted by Gasteiger charge is 2.25. The molecule has 0 bridgehead atoms. The molecule has 0 rings (SSSR count). The Morgan fingerprint density at radius 2 is 1.71 bits per heavy atom. The van der Waals surface area contributed by atoms with E-state index in [-0.39, 0.29) is 30.3 Å². The van der Waals surface area contributed by atoms with Crippen LogP contribution in [0.1, 0.15) is 34.6 Å². The molecule has 1 unspecified atom stereocenters. The minimum absolute atomic E-state index is 0. The average Bonchev–Trinajstić information content (AvgIpc) is 1.82. The van der Waals surface area contributed by atoms with Gasteiger partial charge in [0.2, 0.25) is 0 Å². The highest BCUT2D eigenvalue weighted by molar-refractivity contribution is 5.85. The summed E-state index contributed by atoms with van der Waals surface area (Å²) in [6.45, 7) is 9.60. The van der Waals surface area contributed by atoms with Crippen molar-refractivity contribution in [2.24, 2.45) is 5.92 Å². The van der Waals surface area contributed by atoms with Crippen molar-refractivity contribution in [2.45, 2.75) is 46.3 Å². The van der Waals surface area contributed by atoms with Gasteiger partial charge in [0.1, 0.15) is 11.6 Å². The smallest absolute Gasteiger partial charge is 0.323 e. The molecule has 0 heterocycles. The number of likely N-dealkylation sites (N-methyl/N-ethyl adjacent to an activating group) is 1. The van der Waals surface area contributed by atoms with Crippen molar-refractivity contribution in [3.8, 4) is 0 Å². The van der Waals surface area contributed by atoms with E-state index in [0.717, 1.165) is 0 Å². The van der Waals surface area contributed by atoms with Crippen LogP contribution in [0.15, 0.2) is 0 Å². The summed E-state index contributed by atoms with van der Waals surface area (Å²) in [5, 5.41) is 2.95. The number of carbonyl (C=O) groups excluding carboxylic acids is 1. The number of nitrogens with one attached hydrogen (secondary N) is 1. The summed E-state index contributed by atoms with van der Waals surface area (Å²) in [4.78, 5) is 11.5. The number of rotatable bonds is 3. The standard InChI is InChI=1S/C10H21NO2.ClH/c1-7(2)8(11-6)9(12)13-10(3,4)5;/h7-8,11H,1-6H3;1H. The summed E-state index contributed by atoms with van der Waals surface area (Å²) < 4.78 is 5.25. The molecule has 0 amide bonds. The molecule has 14 heavy (non-hydrogen) atoms. The van der Waals surface area contributed by atoms with Crippen LogP contribution in [0.4, 0.5) is 0 Å². The Kier molecular flexibility index (Phi) is 7.21. The van der Waals surface area contributed by atoms with Crippen molar-refractivity contribution in [1.29, 1.82) is 0 Å². The summed E-state index contributed by atoms with van der Waals surface area (Å²) in [5.74, 6) is 0.0739. The van der Waals surface area contributed by atoms with Gasteiger partial charge in [-0.2, -0.15) is 0 Å². The first kappa shape index (κ1) is 16.2. The van der Waals surface area contributed by atoms with Crippen LogP contribution in [-0.4, -0.2) is 24.7 Å². The Morgan fingerprint density at radius 3 is 1.93 bits per heavy atom. The molecule has 0 aromatic carbocycles. The normalized spacial score (nSPS) is 13.4. The lowest BCUT2D eigenvalue weighted by Gasteiger charge is -2.25. The van der Waals surface area contributed by atoms with E-state index in [1.807, 2.05) is 34.6 Å². The monoisotopic (exact) mass is 223 g/mol. The summed E-state index contributed by atoms with van der Waals surface area (Å²) in [5.41, 5.74) is -0.402. The number of carbonyl (C=O) groups is 1. The van der Waals surface area contributed by atoms with Crippen molar-refractivity contribution >= 4 is 18.4 Å². The van der Waals surface area contributed by atoms with Crippen LogP contribution in [-0.2, 0) is 9.53 Å². The Labute approximate surface area is 93.0 Å². The van der Waals surface area contributed by atoms with Gasteiger partial charge in [-0.15, -0.1) is 12.4 Å². The highest BCUT2D eigenvalue weighted by Crippen LogP contribution is 2.11. The van der Waals surface area contributed by atoms with Gasteiger partial charge in [-0.05, 0) is 33.7 Å². The van der Waals surface area contributed by atoms with Gasteiger partial charge < -0.3 is 10.1 Å². The molecule has 4 heteroatoms. The maximum Gasteiger partial charge on any atom is 0.323 e. The first-order chi connectivity index (χ1) is 5.78. The predicted molar refractivity (Wildman–Crippen MR) is 60.8 cm³/mol. The summed E-state index contributed by atoms with van der Waals surface area (Å²) >= 11 is 0. The maximum absolute atomic E-state index is 11.5. The van der Waals surface area contributed by atoms with Crippen LogP contribution in [0.5, 0.6) is 0 Å². The molecule has 0 aliphatic carbocycles. The van der Waals surface area contributed by atoms with Crippen LogP contribution >= 0.6 is 12.4 Å². The van der Waals surface area contributed by atoms with Gasteiger partial charge in [0, 0.05) is 0 Å². The maximum atomic E-state index is 11.5. The zero-order valence-electron chi connectivity index (χ0n) is 9.88. The molecule has 86 valence electrons. The molecule has 0 aromatic heterocycles. The Balaban J connectivity index is 0. The Hall–Kier alpha value is -0.280. The van der Waals surface area contributed by atoms with E-state index in [0.29, 0.717) is 0 Å². The average molecular weight is 224 g/mol. The topological polar surface area (TPSA) is 38.3 Å². The van der Waals surface area contributed by atoms with Gasteiger partial charge in [0.25, 0.3) is 0 Å². The molecular formula is C10H22ClNO2. The third-order valence-electron chi connectivity index (χ3n) is 1.64. The molecule has 3 nitrogen and oxygen atoms in total. The van der Waals surface area contributed by atoms with Gasteiger partial charge in [-0.25, -0.2) is 0 Å². The zero-order valence-corrected chi connectivity index (χ0v) is 10.7. The lowest BCUT2D eigenvalue weighted by molar-refractivity contribution is -0.158. The largest absolute Gasteiger partial charge is 0.459 e. The molecule has 0 fully saturated rings. The number of esters is 1. The van der Waals surface area contributed by atoms with Gasteiger partial charge in [0.15, 0.2) is 0 Å². The number of hydrogen-bond acceptors (Lipinski definition) is 3. The fourth-order valence-electron chi connectivity index (χ4n) is 1.09. The quantitative estimate of drug-likeness (QED) is 0.744. The third kappa shape index (κ3) is 6.22. The first-order valence-electron chi connectivity index (χ1n) is 4.68. The van der Waals surface area contributed by atoms with Crippen molar-refractivity contribution in [3.05, 3.63) is 0 Å². The van der Waals surface area contributed by atoms with Crippen LogP contribution in [0.25, 0.3) is 0 Å². The van der Waals surface area contributed by atoms with Crippen molar-refractivity contribution < 1.29 is 9.53 Å². The molecule has 0 aromatic rings. The summed E-state index contributed by atoms with van der Waals surface area (Å²) in [6.07, 6.45) is 0. The lowest BCUT2D eigenvalue weighted by Crippen LogP contribution is -2.42. The van der Waals surface area contributed by atoms with Crippen molar-refractivity contribution in [2.75, 3.05) is 7.05 Å². The third-order valence-corrected chi connectivity index (χ3v) is 1.64. The SMILES string of the molecule is CNC(C(=O)OC(C)(C)C)C(C)C.Cl. The zero-order chi connectivity index (χ0) is 10.6. The number of ether oxygens (including phenoxy) is 1. The van der Waals surface area contributed by atoms with Gasteiger partial charge in [-0.1, -0.05) is 13.8 Å². The predicted octanol–water partition coefficient (Wildman–Crippen LogP) is 1.99. The van der Waals surface area contributed by atoms with E-state index in [1.54, 1.807) is 7.05 Å². The second kappa shape index (κ2) is 6.25. The summed E-state index contributed by atoms with van der Waals surface area (Å²) in [6, 6.07) is -0.209. The second-order valence-corrected chi connectivity index (χ2v) is 4.54. The van der Waals surface area contributed by atoms with E-state index in [9.17, 15) is 4.79 Å². The van der Waals surface area contributed by atoms with Crippen LogP contribution in [0.2, 0.25) is 0 Å². The molecular weight excluding hydrogens is 202 g/mol. The lowest BCUT2D eigenvalue weighted by atomic mass is 10.0. The second-order valence-electron chi connectivity index (χ2n) is 4.54. The molecule has 1 atom stereocenters. The molecule has 0 saturated carbocycles. The Morgan fingerprint density at radius 1 is 1.29 bits per heavy atom. The number of halogens is 1. The first-order valence-corrected chi connectivity index (χ1v) is 4.68. The van der Waals surface area contributed by atoms with E-state index >= 15 is 0 Å². The van der Waals surface area contributed by atoms with Crippen LogP contribution < -0.4 is 5.32 Å². The van der Waals surface area contributed by atoms with E-state index in [2.05, 4.69) is 5.32 Å². The van der Waals surface area contributed by atoms with Gasteiger partial charge in [-0.3, -0.25) is 4.79 Å². The Bertz CT molecular complexity index is 175. The highest BCUT2D eigenvalue weighted by atomic mass is 35.5. The molecule has 0 aliphatic rings. The van der Waals surface area contributed by atoms with Gasteiger partial charge in [0.05, 0.1) is 0 Å².